The summed E-state index contributed by atoms with van der Waals surface area (Å²) in [5, 5.41) is 20.1. The van der Waals surface area contributed by atoms with Crippen molar-refractivity contribution < 1.29 is 14.3 Å². The van der Waals surface area contributed by atoms with Gasteiger partial charge in [0.25, 0.3) is 0 Å². The van der Waals surface area contributed by atoms with Crippen LogP contribution in [0.15, 0.2) is 45.8 Å². The summed E-state index contributed by atoms with van der Waals surface area (Å²) in [5.41, 5.74) is 0.636. The van der Waals surface area contributed by atoms with Crippen LogP contribution in [0.4, 0.5) is 5.69 Å². The van der Waals surface area contributed by atoms with Gasteiger partial charge in [-0.2, -0.15) is 0 Å². The van der Waals surface area contributed by atoms with Gasteiger partial charge in [-0.15, -0.1) is 24.0 Å². The van der Waals surface area contributed by atoms with Crippen molar-refractivity contribution in [1.29, 1.82) is 0 Å². The number of nitrogens with one attached hydrogen (secondary N) is 3. The van der Waals surface area contributed by atoms with Gasteiger partial charge in [0.2, 0.25) is 5.91 Å². The molecule has 1 heterocycles. The Morgan fingerprint density at radius 3 is 2.65 bits per heavy atom. The molecule has 1 aliphatic rings. The molecule has 31 heavy (non-hydrogen) atoms. The lowest BCUT2D eigenvalue weighted by molar-refractivity contribution is -0.122. The lowest BCUT2D eigenvalue weighted by Crippen LogP contribution is -2.44. The van der Waals surface area contributed by atoms with E-state index in [0.717, 1.165) is 36.3 Å². The molecule has 3 rings (SSSR count). The summed E-state index contributed by atoms with van der Waals surface area (Å²) in [5.74, 6) is 2.13. The van der Waals surface area contributed by atoms with E-state index in [4.69, 9.17) is 4.42 Å². The van der Waals surface area contributed by atoms with Gasteiger partial charge in [-0.1, -0.05) is 18.6 Å². The second-order valence-electron chi connectivity index (χ2n) is 8.05. The number of benzene rings is 1. The summed E-state index contributed by atoms with van der Waals surface area (Å²) in [6.07, 6.45) is 3.10. The molecule has 0 spiro atoms. The molecule has 1 aromatic heterocycles. The highest BCUT2D eigenvalue weighted by atomic mass is 127. The maximum absolute atomic E-state index is 12.2. The number of nitrogens with zero attached hydrogens (tertiary/aromatic N) is 1. The normalized spacial score (nSPS) is 15.9. The summed E-state index contributed by atoms with van der Waals surface area (Å²) in [6, 6.07) is 11.4. The maximum Gasteiger partial charge on any atom is 0.227 e. The van der Waals surface area contributed by atoms with Crippen molar-refractivity contribution in [3.63, 3.8) is 0 Å². The van der Waals surface area contributed by atoms with Gasteiger partial charge in [0.15, 0.2) is 5.96 Å². The van der Waals surface area contributed by atoms with Crippen LogP contribution in [0.25, 0.3) is 0 Å². The zero-order chi connectivity index (χ0) is 21.6. The number of furan rings is 1. The Kier molecular flexibility index (Phi) is 9.36. The molecular weight excluding hydrogens is 507 g/mol. The Bertz CT molecular complexity index is 890. The van der Waals surface area contributed by atoms with Crippen molar-refractivity contribution in [2.24, 2.45) is 10.9 Å². The van der Waals surface area contributed by atoms with Crippen LogP contribution in [-0.4, -0.2) is 30.1 Å². The molecule has 1 saturated carbocycles. The quantitative estimate of drug-likeness (QED) is 0.231. The minimum absolute atomic E-state index is 0. The number of aliphatic hydroxyl groups is 1. The topological polar surface area (TPSA) is 98.9 Å². The predicted molar refractivity (Wildman–Crippen MR) is 134 cm³/mol. The molecule has 170 valence electrons. The lowest BCUT2D eigenvalue weighted by atomic mass is 9.85. The van der Waals surface area contributed by atoms with E-state index in [1.54, 1.807) is 13.0 Å². The third-order valence-electron chi connectivity index (χ3n) is 5.31. The van der Waals surface area contributed by atoms with Crippen molar-refractivity contribution in [2.45, 2.75) is 52.2 Å². The first-order chi connectivity index (χ1) is 14.4. The number of halogens is 1. The fourth-order valence-electron chi connectivity index (χ4n) is 3.24. The lowest BCUT2D eigenvalue weighted by Gasteiger charge is -2.24. The van der Waals surface area contributed by atoms with Crippen molar-refractivity contribution in [2.75, 3.05) is 18.4 Å². The highest BCUT2D eigenvalue weighted by Gasteiger charge is 2.27. The van der Waals surface area contributed by atoms with Crippen LogP contribution in [0, 0.1) is 12.8 Å². The number of guanidine groups is 1. The molecule has 1 aromatic carbocycles. The smallest absolute Gasteiger partial charge is 0.227 e. The van der Waals surface area contributed by atoms with Gasteiger partial charge in [-0.25, -0.2) is 4.99 Å². The van der Waals surface area contributed by atoms with Crippen molar-refractivity contribution in [3.8, 4) is 0 Å². The van der Waals surface area contributed by atoms with Crippen LogP contribution in [0.3, 0.4) is 0 Å². The predicted octanol–water partition coefficient (Wildman–Crippen LogP) is 3.91. The number of hydrogen-bond donors (Lipinski definition) is 4. The summed E-state index contributed by atoms with van der Waals surface area (Å²) in [4.78, 5) is 16.8. The number of anilines is 1. The molecule has 1 atom stereocenters. The van der Waals surface area contributed by atoms with E-state index in [2.05, 4.69) is 20.9 Å². The molecule has 0 aliphatic heterocycles. The Morgan fingerprint density at radius 2 is 2.03 bits per heavy atom. The first-order valence-corrected chi connectivity index (χ1v) is 10.6. The molecule has 0 bridgehead atoms. The molecule has 2 aromatic rings. The van der Waals surface area contributed by atoms with Crippen molar-refractivity contribution in [1.82, 2.24) is 10.6 Å². The SMILES string of the molecule is CCNC(=NCc1cccc(NC(=O)C2CCC2)c1)NCC(C)(O)c1ccc(C)o1.I. The zero-order valence-corrected chi connectivity index (χ0v) is 20.7. The number of aliphatic imine (C=N–C) groups is 1. The number of aryl methyl sites for hydroxylation is 1. The van der Waals surface area contributed by atoms with E-state index in [9.17, 15) is 9.90 Å². The summed E-state index contributed by atoms with van der Waals surface area (Å²) < 4.78 is 5.56. The number of amides is 1. The average molecular weight is 540 g/mol. The van der Waals surface area contributed by atoms with Gasteiger partial charge in [0.1, 0.15) is 17.1 Å². The van der Waals surface area contributed by atoms with Crippen LogP contribution in [0.5, 0.6) is 0 Å². The highest BCUT2D eigenvalue weighted by Crippen LogP contribution is 2.27. The fourth-order valence-corrected chi connectivity index (χ4v) is 3.24. The second-order valence-corrected chi connectivity index (χ2v) is 8.05. The molecule has 7 nitrogen and oxygen atoms in total. The van der Waals surface area contributed by atoms with Crippen molar-refractivity contribution >= 4 is 41.5 Å². The molecular formula is C23H33IN4O3. The van der Waals surface area contributed by atoms with Crippen LogP contribution in [0.2, 0.25) is 0 Å². The number of carbonyl (C=O) groups excluding carboxylic acids is 1. The van der Waals surface area contributed by atoms with E-state index in [1.807, 2.05) is 44.2 Å². The highest BCUT2D eigenvalue weighted by molar-refractivity contribution is 14.0. The molecule has 8 heteroatoms. The van der Waals surface area contributed by atoms with E-state index < -0.39 is 5.60 Å². The van der Waals surface area contributed by atoms with E-state index in [0.29, 0.717) is 24.8 Å². The van der Waals surface area contributed by atoms with Gasteiger partial charge in [-0.3, -0.25) is 4.79 Å². The standard InChI is InChI=1S/C23H32N4O3.HI/c1-4-24-22(26-15-23(3,29)20-12-11-16(2)30-20)25-14-17-7-5-10-19(13-17)27-21(28)18-8-6-9-18;/h5,7,10-13,18,29H,4,6,8-9,14-15H2,1-3H3,(H,27,28)(H2,24,25,26);1H. The monoisotopic (exact) mass is 540 g/mol. The Labute approximate surface area is 201 Å². The van der Waals surface area contributed by atoms with Crippen LogP contribution >= 0.6 is 24.0 Å². The molecule has 1 aliphatic carbocycles. The third-order valence-corrected chi connectivity index (χ3v) is 5.31. The maximum atomic E-state index is 12.2. The first kappa shape index (κ1) is 25.2. The van der Waals surface area contributed by atoms with Gasteiger partial charge < -0.3 is 25.5 Å². The van der Waals surface area contributed by atoms with Crippen LogP contribution < -0.4 is 16.0 Å². The van der Waals surface area contributed by atoms with Gasteiger partial charge in [-0.05, 0) is 63.4 Å². The van der Waals surface area contributed by atoms with Gasteiger partial charge in [0, 0.05) is 18.2 Å². The fraction of sp³-hybridized carbons (Fsp3) is 0.478. The molecule has 1 unspecified atom stereocenters. The minimum Gasteiger partial charge on any atom is -0.463 e. The largest absolute Gasteiger partial charge is 0.463 e. The summed E-state index contributed by atoms with van der Waals surface area (Å²) in [7, 11) is 0. The molecule has 0 saturated heterocycles. The van der Waals surface area contributed by atoms with Crippen molar-refractivity contribution in [3.05, 3.63) is 53.5 Å². The molecule has 1 amide bonds. The van der Waals surface area contributed by atoms with E-state index in [1.165, 1.54) is 0 Å². The number of rotatable bonds is 8. The zero-order valence-electron chi connectivity index (χ0n) is 18.4. The average Bonchev–Trinajstić information content (AvgIpc) is 3.10. The minimum atomic E-state index is -1.16. The Morgan fingerprint density at radius 1 is 1.26 bits per heavy atom. The van der Waals surface area contributed by atoms with Crippen LogP contribution in [-0.2, 0) is 16.9 Å². The molecule has 1 fully saturated rings. The summed E-state index contributed by atoms with van der Waals surface area (Å²) >= 11 is 0. The van der Waals surface area contributed by atoms with Gasteiger partial charge >= 0.3 is 0 Å². The Hall–Kier alpha value is -2.07. The van der Waals surface area contributed by atoms with E-state index in [-0.39, 0.29) is 42.3 Å². The van der Waals surface area contributed by atoms with E-state index >= 15 is 0 Å². The first-order valence-electron chi connectivity index (χ1n) is 10.6. The second kappa shape index (κ2) is 11.5. The molecule has 4 N–H and O–H groups in total. The Balaban J connectivity index is 0.00000341. The van der Waals surface area contributed by atoms with Crippen LogP contribution in [0.1, 0.15) is 50.2 Å². The molecule has 0 radical (unpaired) electrons. The third kappa shape index (κ3) is 7.24. The van der Waals surface area contributed by atoms with Gasteiger partial charge in [0.05, 0.1) is 13.1 Å². The number of hydrogen-bond acceptors (Lipinski definition) is 4. The summed E-state index contributed by atoms with van der Waals surface area (Å²) in [6.45, 7) is 6.94. The number of carbonyl (C=O) groups is 1.